The van der Waals surface area contributed by atoms with E-state index in [1.165, 1.54) is 12.6 Å². The lowest BCUT2D eigenvalue weighted by atomic mass is 9.75. The van der Waals surface area contributed by atoms with Crippen molar-refractivity contribution in [1.29, 1.82) is 0 Å². The van der Waals surface area contributed by atoms with Gasteiger partial charge in [-0.2, -0.15) is 0 Å². The van der Waals surface area contributed by atoms with Crippen molar-refractivity contribution in [2.45, 2.75) is 58.2 Å². The third kappa shape index (κ3) is 4.35. The second-order valence-electron chi connectivity index (χ2n) is 6.21. The highest BCUT2D eigenvalue weighted by Gasteiger charge is 2.36. The van der Waals surface area contributed by atoms with Gasteiger partial charge in [0.2, 0.25) is 0 Å². The van der Waals surface area contributed by atoms with Crippen LogP contribution in [0.2, 0.25) is 0 Å². The van der Waals surface area contributed by atoms with Gasteiger partial charge in [-0.05, 0) is 47.0 Å². The van der Waals surface area contributed by atoms with Crippen molar-refractivity contribution in [1.82, 2.24) is 0 Å². The molecule has 0 aromatic heterocycles. The average Bonchev–Trinajstić information content (AvgIpc) is 2.35. The maximum absolute atomic E-state index is 11.4. The highest BCUT2D eigenvalue weighted by atomic mass is 16.5. The van der Waals surface area contributed by atoms with Crippen molar-refractivity contribution in [2.24, 2.45) is 5.92 Å². The van der Waals surface area contributed by atoms with Crippen LogP contribution < -0.4 is 0 Å². The Labute approximate surface area is 116 Å². The van der Waals surface area contributed by atoms with Gasteiger partial charge in [-0.15, -0.1) is 0 Å². The monoisotopic (exact) mass is 268 g/mol. The summed E-state index contributed by atoms with van der Waals surface area (Å²) in [7, 11) is 1.93. The molecule has 0 radical (unpaired) electrons. The van der Waals surface area contributed by atoms with Gasteiger partial charge in [0.15, 0.2) is 0 Å². The molecule has 0 saturated heterocycles. The Balaban J connectivity index is 2.49. The highest BCUT2D eigenvalue weighted by molar-refractivity contribution is 6.38. The molecular formula is C14H25BO4. The van der Waals surface area contributed by atoms with Crippen LogP contribution in [0, 0.1) is 5.92 Å². The molecule has 4 nitrogen and oxygen atoms in total. The van der Waals surface area contributed by atoms with Crippen LogP contribution in [0.15, 0.2) is 11.5 Å². The molecule has 1 atom stereocenters. The van der Waals surface area contributed by atoms with Crippen LogP contribution >= 0.6 is 0 Å². The second kappa shape index (κ2) is 6.10. The molecule has 0 bridgehead atoms. The Morgan fingerprint density at radius 1 is 1.42 bits per heavy atom. The predicted molar refractivity (Wildman–Crippen MR) is 76.1 cm³/mol. The maximum atomic E-state index is 11.4. The van der Waals surface area contributed by atoms with Crippen LogP contribution in [0.25, 0.3) is 0 Å². The topological polar surface area (TPSA) is 55.8 Å². The number of aliphatic hydroxyl groups is 1. The van der Waals surface area contributed by atoms with E-state index in [0.717, 1.165) is 12.8 Å². The van der Waals surface area contributed by atoms with Crippen molar-refractivity contribution in [3.8, 4) is 0 Å². The molecule has 0 spiro atoms. The molecule has 1 aliphatic carbocycles. The van der Waals surface area contributed by atoms with Crippen LogP contribution in [-0.4, -0.2) is 36.9 Å². The molecule has 0 aromatic carbocycles. The standard InChI is InChI=1S/C14H25BO4/c1-13(2,17)14(3,4)19-15-11-8-6-10(7-9-11)12(16)18-5/h8,10,15,17H,6-7,9H2,1-5H3. The second-order valence-corrected chi connectivity index (χ2v) is 6.21. The molecule has 5 heteroatoms. The first kappa shape index (κ1) is 16.2. The summed E-state index contributed by atoms with van der Waals surface area (Å²) in [6, 6.07) is 0. The lowest BCUT2D eigenvalue weighted by molar-refractivity contribution is -0.145. The summed E-state index contributed by atoms with van der Waals surface area (Å²) in [5.74, 6) is -0.149. The summed E-state index contributed by atoms with van der Waals surface area (Å²) in [5.41, 5.74) is -0.304. The van der Waals surface area contributed by atoms with Crippen LogP contribution in [0.1, 0.15) is 47.0 Å². The minimum absolute atomic E-state index is 0.0176. The van der Waals surface area contributed by atoms with Gasteiger partial charge in [0.05, 0.1) is 24.2 Å². The average molecular weight is 268 g/mol. The maximum Gasteiger partial charge on any atom is 0.308 e. The highest BCUT2D eigenvalue weighted by Crippen LogP contribution is 2.28. The molecular weight excluding hydrogens is 243 g/mol. The number of esters is 1. The smallest absolute Gasteiger partial charge is 0.308 e. The van der Waals surface area contributed by atoms with Crippen molar-refractivity contribution in [3.05, 3.63) is 11.5 Å². The fraction of sp³-hybridized carbons (Fsp3) is 0.786. The molecule has 1 aliphatic rings. The van der Waals surface area contributed by atoms with Gasteiger partial charge in [0.25, 0.3) is 0 Å². The molecule has 0 aromatic rings. The van der Waals surface area contributed by atoms with Gasteiger partial charge in [-0.25, -0.2) is 0 Å². The van der Waals surface area contributed by atoms with Crippen molar-refractivity contribution < 1.29 is 19.3 Å². The molecule has 1 rings (SSSR count). The van der Waals surface area contributed by atoms with E-state index < -0.39 is 11.2 Å². The number of carbonyl (C=O) groups is 1. The van der Waals surface area contributed by atoms with Gasteiger partial charge < -0.3 is 14.5 Å². The van der Waals surface area contributed by atoms with Crippen molar-refractivity contribution >= 4 is 13.5 Å². The number of ether oxygens (including phenoxy) is 1. The van der Waals surface area contributed by atoms with Gasteiger partial charge >= 0.3 is 13.5 Å². The van der Waals surface area contributed by atoms with E-state index in [2.05, 4.69) is 6.08 Å². The van der Waals surface area contributed by atoms with Crippen molar-refractivity contribution in [2.75, 3.05) is 7.11 Å². The SMILES string of the molecule is COC(=O)C1CC=C(BOC(C)(C)C(C)(C)O)CC1. The molecule has 108 valence electrons. The lowest BCUT2D eigenvalue weighted by Gasteiger charge is -2.38. The molecule has 1 N–H and O–H groups in total. The summed E-state index contributed by atoms with van der Waals surface area (Å²) < 4.78 is 10.6. The number of hydrogen-bond donors (Lipinski definition) is 1. The summed E-state index contributed by atoms with van der Waals surface area (Å²) in [5, 5.41) is 10.0. The van der Waals surface area contributed by atoms with Gasteiger partial charge in [-0.1, -0.05) is 11.5 Å². The first-order chi connectivity index (χ1) is 8.67. The predicted octanol–water partition coefficient (Wildman–Crippen LogP) is 1.76. The minimum atomic E-state index is -0.892. The lowest BCUT2D eigenvalue weighted by Crippen LogP contribution is -2.48. The molecule has 0 fully saturated rings. The third-order valence-corrected chi connectivity index (χ3v) is 4.13. The normalized spacial score (nSPS) is 20.7. The van der Waals surface area contributed by atoms with E-state index in [4.69, 9.17) is 9.39 Å². The quantitative estimate of drug-likeness (QED) is 0.609. The zero-order valence-electron chi connectivity index (χ0n) is 12.7. The summed E-state index contributed by atoms with van der Waals surface area (Å²) >= 11 is 0. The Kier molecular flexibility index (Phi) is 5.22. The van der Waals surface area contributed by atoms with Crippen LogP contribution in [0.5, 0.6) is 0 Å². The largest absolute Gasteiger partial charge is 0.469 e. The molecule has 0 saturated carbocycles. The number of methoxy groups -OCH3 is 1. The van der Waals surface area contributed by atoms with Crippen LogP contribution in [0.4, 0.5) is 0 Å². The molecule has 0 aliphatic heterocycles. The Hall–Kier alpha value is -0.805. The fourth-order valence-corrected chi connectivity index (χ4v) is 1.85. The van der Waals surface area contributed by atoms with Gasteiger partial charge in [0.1, 0.15) is 0 Å². The third-order valence-electron chi connectivity index (χ3n) is 4.13. The van der Waals surface area contributed by atoms with Crippen molar-refractivity contribution in [3.63, 3.8) is 0 Å². The number of allylic oxidation sites excluding steroid dienone is 2. The zero-order chi connectivity index (χ0) is 14.7. The first-order valence-corrected chi connectivity index (χ1v) is 6.79. The summed E-state index contributed by atoms with van der Waals surface area (Å²) in [6.07, 6.45) is 4.44. The fourth-order valence-electron chi connectivity index (χ4n) is 1.85. The number of hydrogen-bond acceptors (Lipinski definition) is 4. The summed E-state index contributed by atoms with van der Waals surface area (Å²) in [4.78, 5) is 11.4. The van der Waals surface area contributed by atoms with E-state index in [-0.39, 0.29) is 11.9 Å². The first-order valence-electron chi connectivity index (χ1n) is 6.79. The van der Waals surface area contributed by atoms with E-state index in [0.29, 0.717) is 13.9 Å². The Morgan fingerprint density at radius 2 is 2.05 bits per heavy atom. The van der Waals surface area contributed by atoms with E-state index >= 15 is 0 Å². The Morgan fingerprint density at radius 3 is 2.47 bits per heavy atom. The van der Waals surface area contributed by atoms with E-state index in [1.807, 2.05) is 13.8 Å². The van der Waals surface area contributed by atoms with E-state index in [9.17, 15) is 9.90 Å². The minimum Gasteiger partial charge on any atom is -0.469 e. The number of carbonyl (C=O) groups excluding carboxylic acids is 1. The van der Waals surface area contributed by atoms with E-state index in [1.54, 1.807) is 13.8 Å². The van der Waals surface area contributed by atoms with Crippen LogP contribution in [-0.2, 0) is 14.2 Å². The number of rotatable bonds is 5. The molecule has 0 amide bonds. The molecule has 19 heavy (non-hydrogen) atoms. The molecule has 0 heterocycles. The van der Waals surface area contributed by atoms with Gasteiger partial charge in [-0.3, -0.25) is 4.79 Å². The zero-order valence-corrected chi connectivity index (χ0v) is 12.7. The summed E-state index contributed by atoms with van der Waals surface area (Å²) in [6.45, 7) is 7.26. The van der Waals surface area contributed by atoms with Gasteiger partial charge in [0, 0.05) is 0 Å². The van der Waals surface area contributed by atoms with Crippen LogP contribution in [0.3, 0.4) is 0 Å². The Bertz CT molecular complexity index is 355. The molecule has 1 unspecified atom stereocenters.